The second-order valence-electron chi connectivity index (χ2n) is 5.45. The molecule has 0 bridgehead atoms. The molecule has 0 fully saturated rings. The Balaban J connectivity index is 1.73. The van der Waals surface area contributed by atoms with Gasteiger partial charge in [-0.05, 0) is 41.8 Å². The molecule has 114 valence electrons. The molecular formula is C20H19N2O+. The molecule has 0 saturated carbocycles. The van der Waals surface area contributed by atoms with E-state index in [9.17, 15) is 4.79 Å². The maximum atomic E-state index is 12.5. The maximum Gasteiger partial charge on any atom is 0.502 e. The SMILES string of the molecule is CN(C(=O)[n+]1ccc(Cc2ccccc2)cc1)c1ccccc1. The number of hydrogen-bond donors (Lipinski definition) is 0. The van der Waals surface area contributed by atoms with Crippen LogP contribution in [-0.2, 0) is 6.42 Å². The van der Waals surface area contributed by atoms with Crippen molar-refractivity contribution in [1.29, 1.82) is 0 Å². The van der Waals surface area contributed by atoms with Crippen molar-refractivity contribution in [3.05, 3.63) is 96.3 Å². The van der Waals surface area contributed by atoms with Gasteiger partial charge < -0.3 is 0 Å². The van der Waals surface area contributed by atoms with Crippen LogP contribution >= 0.6 is 0 Å². The zero-order valence-corrected chi connectivity index (χ0v) is 13.1. The van der Waals surface area contributed by atoms with Gasteiger partial charge in [-0.1, -0.05) is 48.5 Å². The summed E-state index contributed by atoms with van der Waals surface area (Å²) in [6.07, 6.45) is 4.50. The largest absolute Gasteiger partial charge is 0.502 e. The predicted octanol–water partition coefficient (Wildman–Crippen LogP) is 3.67. The molecule has 3 rings (SSSR count). The van der Waals surface area contributed by atoms with Gasteiger partial charge in [0.1, 0.15) is 5.69 Å². The topological polar surface area (TPSA) is 24.2 Å². The number of carbonyl (C=O) groups excluding carboxylic acids is 1. The molecule has 0 saturated heterocycles. The lowest BCUT2D eigenvalue weighted by Gasteiger charge is -2.09. The van der Waals surface area contributed by atoms with Gasteiger partial charge in [0.25, 0.3) is 0 Å². The molecule has 0 atom stereocenters. The lowest BCUT2D eigenvalue weighted by molar-refractivity contribution is -0.569. The lowest BCUT2D eigenvalue weighted by atomic mass is 10.1. The molecule has 3 aromatic rings. The van der Waals surface area contributed by atoms with E-state index in [4.69, 9.17) is 0 Å². The average molecular weight is 303 g/mol. The van der Waals surface area contributed by atoms with Crippen molar-refractivity contribution >= 4 is 11.7 Å². The fourth-order valence-corrected chi connectivity index (χ4v) is 2.47. The van der Waals surface area contributed by atoms with Crippen LogP contribution in [0.1, 0.15) is 11.1 Å². The summed E-state index contributed by atoms with van der Waals surface area (Å²) in [5.74, 6) is 0. The van der Waals surface area contributed by atoms with E-state index in [2.05, 4.69) is 12.1 Å². The van der Waals surface area contributed by atoms with Crippen molar-refractivity contribution in [3.8, 4) is 0 Å². The Morgan fingerprint density at radius 3 is 1.96 bits per heavy atom. The van der Waals surface area contributed by atoms with Crippen molar-refractivity contribution in [2.24, 2.45) is 0 Å². The molecule has 2 aromatic carbocycles. The highest BCUT2D eigenvalue weighted by Crippen LogP contribution is 2.11. The Bertz CT molecular complexity index is 768. The van der Waals surface area contributed by atoms with E-state index in [-0.39, 0.29) is 6.03 Å². The Kier molecular flexibility index (Phi) is 4.48. The number of aromatic nitrogens is 1. The number of rotatable bonds is 3. The first-order valence-corrected chi connectivity index (χ1v) is 7.61. The van der Waals surface area contributed by atoms with Crippen molar-refractivity contribution in [2.45, 2.75) is 6.42 Å². The third-order valence-electron chi connectivity index (χ3n) is 3.80. The van der Waals surface area contributed by atoms with Crippen LogP contribution in [-0.4, -0.2) is 13.1 Å². The molecule has 0 radical (unpaired) electrons. The number of nitrogens with zero attached hydrogens (tertiary/aromatic N) is 2. The monoisotopic (exact) mass is 303 g/mol. The molecule has 3 nitrogen and oxygen atoms in total. The van der Waals surface area contributed by atoms with Crippen molar-refractivity contribution in [1.82, 2.24) is 0 Å². The normalized spacial score (nSPS) is 10.3. The van der Waals surface area contributed by atoms with Crippen LogP contribution in [0.3, 0.4) is 0 Å². The highest BCUT2D eigenvalue weighted by atomic mass is 16.2. The molecule has 0 unspecified atom stereocenters. The van der Waals surface area contributed by atoms with Gasteiger partial charge in [-0.3, -0.25) is 0 Å². The molecule has 0 aliphatic rings. The third kappa shape index (κ3) is 3.64. The van der Waals surface area contributed by atoms with E-state index < -0.39 is 0 Å². The quantitative estimate of drug-likeness (QED) is 0.677. The van der Waals surface area contributed by atoms with Gasteiger partial charge >= 0.3 is 6.03 Å². The second kappa shape index (κ2) is 6.88. The summed E-state index contributed by atoms with van der Waals surface area (Å²) in [6, 6.07) is 23.8. The number of pyridine rings is 1. The average Bonchev–Trinajstić information content (AvgIpc) is 2.63. The van der Waals surface area contributed by atoms with Crippen molar-refractivity contribution in [2.75, 3.05) is 11.9 Å². The number of anilines is 1. The zero-order chi connectivity index (χ0) is 16.1. The van der Waals surface area contributed by atoms with Crippen LogP contribution in [0.15, 0.2) is 85.2 Å². The van der Waals surface area contributed by atoms with E-state index in [1.165, 1.54) is 11.1 Å². The molecule has 1 aromatic heterocycles. The van der Waals surface area contributed by atoms with Crippen LogP contribution < -0.4 is 9.47 Å². The van der Waals surface area contributed by atoms with Crippen LogP contribution in [0, 0.1) is 0 Å². The first kappa shape index (κ1) is 15.0. The van der Waals surface area contributed by atoms with Crippen LogP contribution in [0.25, 0.3) is 0 Å². The minimum absolute atomic E-state index is 0.0811. The first-order valence-electron chi connectivity index (χ1n) is 7.61. The van der Waals surface area contributed by atoms with Gasteiger partial charge in [-0.15, -0.1) is 0 Å². The fourth-order valence-electron chi connectivity index (χ4n) is 2.47. The molecule has 0 spiro atoms. The zero-order valence-electron chi connectivity index (χ0n) is 13.1. The summed E-state index contributed by atoms with van der Waals surface area (Å²) in [7, 11) is 1.78. The first-order chi connectivity index (χ1) is 11.2. The second-order valence-corrected chi connectivity index (χ2v) is 5.45. The Morgan fingerprint density at radius 2 is 1.35 bits per heavy atom. The van der Waals surface area contributed by atoms with E-state index in [1.807, 2.05) is 73.1 Å². The van der Waals surface area contributed by atoms with Gasteiger partial charge in [0.15, 0.2) is 0 Å². The van der Waals surface area contributed by atoms with Gasteiger partial charge in [0, 0.05) is 0 Å². The summed E-state index contributed by atoms with van der Waals surface area (Å²) in [5.41, 5.74) is 3.32. The highest BCUT2D eigenvalue weighted by molar-refractivity contribution is 5.84. The lowest BCUT2D eigenvalue weighted by Crippen LogP contribution is -2.50. The van der Waals surface area contributed by atoms with E-state index >= 15 is 0 Å². The maximum absolute atomic E-state index is 12.5. The number of carbonyl (C=O) groups is 1. The van der Waals surface area contributed by atoms with Crippen molar-refractivity contribution in [3.63, 3.8) is 0 Å². The fraction of sp³-hybridized carbons (Fsp3) is 0.100. The standard InChI is InChI=1S/C20H19N2O/c1-21(19-10-6-3-7-11-19)20(23)22-14-12-18(13-15-22)16-17-8-4-2-5-9-17/h2-15H,16H2,1H3/q+1. The predicted molar refractivity (Wildman–Crippen MR) is 91.5 cm³/mol. The molecule has 23 heavy (non-hydrogen) atoms. The molecule has 3 heteroatoms. The Labute approximate surface area is 136 Å². The number of benzene rings is 2. The molecule has 1 amide bonds. The van der Waals surface area contributed by atoms with Gasteiger partial charge in [-0.2, -0.15) is 14.3 Å². The molecule has 1 heterocycles. The van der Waals surface area contributed by atoms with Gasteiger partial charge in [0.2, 0.25) is 0 Å². The minimum Gasteiger partial charge on any atom is -0.196 e. The van der Waals surface area contributed by atoms with E-state index in [0.29, 0.717) is 0 Å². The van der Waals surface area contributed by atoms with E-state index in [0.717, 1.165) is 12.1 Å². The Morgan fingerprint density at radius 1 is 0.826 bits per heavy atom. The van der Waals surface area contributed by atoms with Gasteiger partial charge in [-0.25, -0.2) is 0 Å². The third-order valence-corrected chi connectivity index (χ3v) is 3.80. The van der Waals surface area contributed by atoms with Crippen LogP contribution in [0.5, 0.6) is 0 Å². The van der Waals surface area contributed by atoms with Crippen LogP contribution in [0.4, 0.5) is 10.5 Å². The smallest absolute Gasteiger partial charge is 0.196 e. The van der Waals surface area contributed by atoms with E-state index in [1.54, 1.807) is 16.5 Å². The molecular weight excluding hydrogens is 284 g/mol. The van der Waals surface area contributed by atoms with Crippen LogP contribution in [0.2, 0.25) is 0 Å². The van der Waals surface area contributed by atoms with Crippen molar-refractivity contribution < 1.29 is 9.36 Å². The molecule has 0 N–H and O–H groups in total. The number of para-hydroxylation sites is 1. The highest BCUT2D eigenvalue weighted by Gasteiger charge is 2.21. The Hall–Kier alpha value is -2.94. The summed E-state index contributed by atoms with van der Waals surface area (Å²) in [6.45, 7) is 0. The number of amides is 1. The minimum atomic E-state index is -0.0811. The summed E-state index contributed by atoms with van der Waals surface area (Å²) < 4.78 is 1.60. The number of hydrogen-bond acceptors (Lipinski definition) is 1. The summed E-state index contributed by atoms with van der Waals surface area (Å²) in [4.78, 5) is 14.1. The molecule has 0 aliphatic heterocycles. The molecule has 0 aliphatic carbocycles. The summed E-state index contributed by atoms with van der Waals surface area (Å²) in [5, 5.41) is 0. The summed E-state index contributed by atoms with van der Waals surface area (Å²) >= 11 is 0. The van der Waals surface area contributed by atoms with Gasteiger partial charge in [0.05, 0.1) is 19.4 Å².